The molecule has 0 saturated carbocycles. The first-order valence-electron chi connectivity index (χ1n) is 6.13. The minimum Gasteiger partial charge on any atom is -0.480 e. The SMILES string of the molecule is Cc1nn(CC(N)(C(=O)O)c2ccccc2)c(C)c1Br. The van der Waals surface area contributed by atoms with Crippen LogP contribution < -0.4 is 5.73 Å². The Morgan fingerprint density at radius 1 is 1.40 bits per heavy atom. The first-order valence-corrected chi connectivity index (χ1v) is 6.93. The van der Waals surface area contributed by atoms with E-state index >= 15 is 0 Å². The van der Waals surface area contributed by atoms with Gasteiger partial charge in [-0.3, -0.25) is 4.68 Å². The molecular weight excluding hydrogens is 322 g/mol. The van der Waals surface area contributed by atoms with Gasteiger partial charge < -0.3 is 10.8 Å². The minimum atomic E-state index is -1.51. The maximum Gasteiger partial charge on any atom is 0.330 e. The van der Waals surface area contributed by atoms with E-state index in [0.29, 0.717) is 5.56 Å². The van der Waals surface area contributed by atoms with Gasteiger partial charge in [-0.2, -0.15) is 5.10 Å². The standard InChI is InChI=1S/C14H16BrN3O2/c1-9-12(15)10(2)18(17-9)8-14(16,13(19)20)11-6-4-3-5-7-11/h3-7H,8,16H2,1-2H3,(H,19,20). The summed E-state index contributed by atoms with van der Waals surface area (Å²) in [5, 5.41) is 13.9. The molecule has 2 aromatic rings. The maximum absolute atomic E-state index is 11.7. The van der Waals surface area contributed by atoms with Crippen molar-refractivity contribution in [3.05, 3.63) is 51.8 Å². The van der Waals surface area contributed by atoms with E-state index < -0.39 is 11.5 Å². The highest BCUT2D eigenvalue weighted by Crippen LogP contribution is 2.25. The Bertz CT molecular complexity index is 639. The van der Waals surface area contributed by atoms with Crippen molar-refractivity contribution in [3.63, 3.8) is 0 Å². The Labute approximate surface area is 125 Å². The molecule has 1 unspecified atom stereocenters. The van der Waals surface area contributed by atoms with Gasteiger partial charge in [-0.05, 0) is 35.3 Å². The Kier molecular flexibility index (Phi) is 3.96. The fourth-order valence-corrected chi connectivity index (χ4v) is 2.37. The van der Waals surface area contributed by atoms with Crippen LogP contribution in [0.2, 0.25) is 0 Å². The molecule has 0 radical (unpaired) electrons. The van der Waals surface area contributed by atoms with Crippen molar-refractivity contribution < 1.29 is 9.90 Å². The summed E-state index contributed by atoms with van der Waals surface area (Å²) in [5.41, 5.74) is 6.85. The van der Waals surface area contributed by atoms with Gasteiger partial charge in [-0.15, -0.1) is 0 Å². The van der Waals surface area contributed by atoms with E-state index in [4.69, 9.17) is 5.73 Å². The molecule has 0 spiro atoms. The number of hydrogen-bond donors (Lipinski definition) is 2. The molecule has 1 aromatic heterocycles. The number of halogens is 1. The molecule has 1 aromatic carbocycles. The second kappa shape index (κ2) is 5.38. The van der Waals surface area contributed by atoms with Crippen molar-refractivity contribution in [2.24, 2.45) is 5.73 Å². The highest BCUT2D eigenvalue weighted by atomic mass is 79.9. The molecule has 0 aliphatic heterocycles. The molecule has 0 bridgehead atoms. The predicted octanol–water partition coefficient (Wildman–Crippen LogP) is 2.20. The Hall–Kier alpha value is -1.66. The van der Waals surface area contributed by atoms with Crippen LogP contribution in [0.25, 0.3) is 0 Å². The Morgan fingerprint density at radius 3 is 2.45 bits per heavy atom. The van der Waals surface area contributed by atoms with Crippen LogP contribution >= 0.6 is 15.9 Å². The molecule has 0 aliphatic carbocycles. The van der Waals surface area contributed by atoms with Gasteiger partial charge in [0.1, 0.15) is 0 Å². The van der Waals surface area contributed by atoms with Gasteiger partial charge in [0, 0.05) is 5.69 Å². The van der Waals surface area contributed by atoms with Crippen molar-refractivity contribution in [1.29, 1.82) is 0 Å². The quantitative estimate of drug-likeness (QED) is 0.896. The largest absolute Gasteiger partial charge is 0.480 e. The third-order valence-electron chi connectivity index (χ3n) is 3.36. The number of rotatable bonds is 4. The van der Waals surface area contributed by atoms with Gasteiger partial charge in [0.25, 0.3) is 0 Å². The number of nitrogens with two attached hydrogens (primary N) is 1. The molecule has 5 nitrogen and oxygen atoms in total. The number of benzene rings is 1. The van der Waals surface area contributed by atoms with Crippen molar-refractivity contribution in [3.8, 4) is 0 Å². The normalized spacial score (nSPS) is 14.0. The molecular formula is C14H16BrN3O2. The maximum atomic E-state index is 11.7. The van der Waals surface area contributed by atoms with Crippen LogP contribution in [-0.4, -0.2) is 20.9 Å². The van der Waals surface area contributed by atoms with Crippen LogP contribution in [0, 0.1) is 13.8 Å². The molecule has 6 heteroatoms. The number of carbonyl (C=O) groups is 1. The summed E-state index contributed by atoms with van der Waals surface area (Å²) in [7, 11) is 0. The summed E-state index contributed by atoms with van der Waals surface area (Å²) in [6.07, 6.45) is 0. The van der Waals surface area contributed by atoms with Gasteiger partial charge >= 0.3 is 5.97 Å². The van der Waals surface area contributed by atoms with E-state index in [9.17, 15) is 9.90 Å². The van der Waals surface area contributed by atoms with Crippen LogP contribution in [0.15, 0.2) is 34.8 Å². The number of aromatic nitrogens is 2. The zero-order valence-electron chi connectivity index (χ0n) is 11.3. The lowest BCUT2D eigenvalue weighted by atomic mass is 9.91. The molecule has 0 aliphatic rings. The van der Waals surface area contributed by atoms with E-state index in [1.165, 1.54) is 0 Å². The lowest BCUT2D eigenvalue weighted by Gasteiger charge is -2.25. The topological polar surface area (TPSA) is 81.1 Å². The summed E-state index contributed by atoms with van der Waals surface area (Å²) in [6, 6.07) is 8.81. The van der Waals surface area contributed by atoms with Crippen molar-refractivity contribution in [1.82, 2.24) is 9.78 Å². The molecule has 0 fully saturated rings. The fourth-order valence-electron chi connectivity index (χ4n) is 2.08. The van der Waals surface area contributed by atoms with Crippen molar-refractivity contribution in [2.45, 2.75) is 25.9 Å². The number of aliphatic carboxylic acids is 1. The number of aryl methyl sites for hydroxylation is 1. The monoisotopic (exact) mass is 337 g/mol. The predicted molar refractivity (Wildman–Crippen MR) is 79.3 cm³/mol. The van der Waals surface area contributed by atoms with E-state index in [-0.39, 0.29) is 6.54 Å². The summed E-state index contributed by atoms with van der Waals surface area (Å²) < 4.78 is 2.50. The molecule has 0 amide bonds. The third-order valence-corrected chi connectivity index (χ3v) is 4.51. The second-order valence-corrected chi connectivity index (χ2v) is 5.58. The van der Waals surface area contributed by atoms with E-state index in [1.54, 1.807) is 28.9 Å². The highest BCUT2D eigenvalue weighted by molar-refractivity contribution is 9.10. The average Bonchev–Trinajstić information content (AvgIpc) is 2.67. The number of nitrogens with zero attached hydrogens (tertiary/aromatic N) is 2. The summed E-state index contributed by atoms with van der Waals surface area (Å²) in [4.78, 5) is 11.7. The summed E-state index contributed by atoms with van der Waals surface area (Å²) in [6.45, 7) is 3.80. The fraction of sp³-hybridized carbons (Fsp3) is 0.286. The molecule has 3 N–H and O–H groups in total. The van der Waals surface area contributed by atoms with Crippen LogP contribution in [0.4, 0.5) is 0 Å². The van der Waals surface area contributed by atoms with Gasteiger partial charge in [0.05, 0.1) is 16.7 Å². The Morgan fingerprint density at radius 2 is 2.00 bits per heavy atom. The van der Waals surface area contributed by atoms with Gasteiger partial charge in [-0.1, -0.05) is 30.3 Å². The first-order chi connectivity index (χ1) is 9.36. The van der Waals surface area contributed by atoms with Crippen LogP contribution in [0.1, 0.15) is 17.0 Å². The van der Waals surface area contributed by atoms with Gasteiger partial charge in [-0.25, -0.2) is 4.79 Å². The third kappa shape index (κ3) is 2.48. The zero-order chi connectivity index (χ0) is 14.9. The minimum absolute atomic E-state index is 0.0740. The van der Waals surface area contributed by atoms with E-state index in [1.807, 2.05) is 19.9 Å². The summed E-state index contributed by atoms with van der Waals surface area (Å²) in [5.74, 6) is -1.08. The molecule has 106 valence electrons. The lowest BCUT2D eigenvalue weighted by molar-refractivity contribution is -0.144. The van der Waals surface area contributed by atoms with Crippen LogP contribution in [0.5, 0.6) is 0 Å². The van der Waals surface area contributed by atoms with Crippen molar-refractivity contribution in [2.75, 3.05) is 0 Å². The Balaban J connectivity index is 2.45. The number of carboxylic acids is 1. The molecule has 2 rings (SSSR count). The smallest absolute Gasteiger partial charge is 0.330 e. The second-order valence-electron chi connectivity index (χ2n) is 4.78. The molecule has 20 heavy (non-hydrogen) atoms. The van der Waals surface area contributed by atoms with Crippen LogP contribution in [-0.2, 0) is 16.9 Å². The van der Waals surface area contributed by atoms with Gasteiger partial charge in [0.15, 0.2) is 5.54 Å². The van der Waals surface area contributed by atoms with Crippen molar-refractivity contribution >= 4 is 21.9 Å². The zero-order valence-corrected chi connectivity index (χ0v) is 12.9. The average molecular weight is 338 g/mol. The molecule has 1 heterocycles. The van der Waals surface area contributed by atoms with E-state index in [0.717, 1.165) is 15.9 Å². The van der Waals surface area contributed by atoms with Gasteiger partial charge in [0.2, 0.25) is 0 Å². The van der Waals surface area contributed by atoms with Crippen LogP contribution in [0.3, 0.4) is 0 Å². The number of carboxylic acid groups (broad SMARTS) is 1. The molecule has 0 saturated heterocycles. The number of hydrogen-bond acceptors (Lipinski definition) is 3. The molecule has 1 atom stereocenters. The lowest BCUT2D eigenvalue weighted by Crippen LogP contribution is -2.48. The van der Waals surface area contributed by atoms with E-state index in [2.05, 4.69) is 21.0 Å². The highest BCUT2D eigenvalue weighted by Gasteiger charge is 2.37. The first kappa shape index (κ1) is 14.7. The summed E-state index contributed by atoms with van der Waals surface area (Å²) >= 11 is 3.43.